The molecule has 0 saturated carbocycles. The lowest BCUT2D eigenvalue weighted by Crippen LogP contribution is -2.40. The fourth-order valence-corrected chi connectivity index (χ4v) is 2.21. The van der Waals surface area contributed by atoms with Crippen LogP contribution in [-0.2, 0) is 20.9 Å². The normalized spacial score (nSPS) is 14.1. The molecule has 0 aliphatic carbocycles. The van der Waals surface area contributed by atoms with Crippen molar-refractivity contribution in [1.29, 1.82) is 0 Å². The molecule has 6 nitrogen and oxygen atoms in total. The summed E-state index contributed by atoms with van der Waals surface area (Å²) in [5, 5.41) is 3.18. The zero-order valence-electron chi connectivity index (χ0n) is 14.7. The summed E-state index contributed by atoms with van der Waals surface area (Å²) in [6.45, 7) is 8.86. The molecule has 0 spiro atoms. The minimum atomic E-state index is -0.208. The highest BCUT2D eigenvalue weighted by atomic mass is 16.5. The predicted octanol–water partition coefficient (Wildman–Crippen LogP) is 2.65. The number of carbonyl (C=O) groups is 2. The molecule has 0 atom stereocenters. The van der Waals surface area contributed by atoms with Crippen LogP contribution in [0.3, 0.4) is 0 Å². The third kappa shape index (κ3) is 4.57. The van der Waals surface area contributed by atoms with Crippen molar-refractivity contribution in [2.45, 2.75) is 34.3 Å². The van der Waals surface area contributed by atoms with Gasteiger partial charge in [0.05, 0.1) is 12.5 Å². The number of hydrogen-bond donors (Lipinski definition) is 1. The van der Waals surface area contributed by atoms with Crippen molar-refractivity contribution >= 4 is 23.5 Å². The molecule has 0 unspecified atom stereocenters. The summed E-state index contributed by atoms with van der Waals surface area (Å²) < 4.78 is 5.20. The van der Waals surface area contributed by atoms with Gasteiger partial charge in [0.25, 0.3) is 0 Å². The van der Waals surface area contributed by atoms with Crippen LogP contribution >= 0.6 is 0 Å². The van der Waals surface area contributed by atoms with Gasteiger partial charge < -0.3 is 10.1 Å². The van der Waals surface area contributed by atoms with E-state index < -0.39 is 0 Å². The van der Waals surface area contributed by atoms with Crippen LogP contribution in [0.1, 0.15) is 33.3 Å². The first-order valence-electron chi connectivity index (χ1n) is 8.27. The van der Waals surface area contributed by atoms with E-state index in [0.717, 1.165) is 11.3 Å². The molecule has 1 aliphatic heterocycles. The smallest absolute Gasteiger partial charge is 0.308 e. The Morgan fingerprint density at radius 1 is 1.17 bits per heavy atom. The second kappa shape index (κ2) is 7.95. The molecule has 1 aromatic carbocycles. The van der Waals surface area contributed by atoms with Gasteiger partial charge in [-0.25, -0.2) is 0 Å². The van der Waals surface area contributed by atoms with Gasteiger partial charge in [0, 0.05) is 18.2 Å². The Hall–Kier alpha value is -2.37. The molecule has 0 aromatic heterocycles. The zero-order chi connectivity index (χ0) is 17.7. The summed E-state index contributed by atoms with van der Waals surface area (Å²) >= 11 is 0. The second-order valence-electron chi connectivity index (χ2n) is 6.43. The Balaban J connectivity index is 1.94. The number of guanidine groups is 1. The molecule has 1 aliphatic rings. The molecule has 2 rings (SSSR count). The molecule has 0 bridgehead atoms. The maximum atomic E-state index is 12.2. The lowest BCUT2D eigenvalue weighted by atomic mass is 10.2. The van der Waals surface area contributed by atoms with Crippen LogP contribution in [0.5, 0.6) is 0 Å². The Kier molecular flexibility index (Phi) is 5.95. The van der Waals surface area contributed by atoms with Crippen molar-refractivity contribution in [1.82, 2.24) is 4.90 Å². The summed E-state index contributed by atoms with van der Waals surface area (Å²) in [5.74, 6) is 0.257. The van der Waals surface area contributed by atoms with Crippen molar-refractivity contribution in [3.63, 3.8) is 0 Å². The third-order valence-electron chi connectivity index (χ3n) is 3.66. The van der Waals surface area contributed by atoms with Crippen LogP contribution in [0.25, 0.3) is 0 Å². The van der Waals surface area contributed by atoms with Crippen LogP contribution in [0.15, 0.2) is 29.3 Å². The Labute approximate surface area is 142 Å². The summed E-state index contributed by atoms with van der Waals surface area (Å²) in [6, 6.07) is 7.55. The van der Waals surface area contributed by atoms with Crippen LogP contribution in [0.4, 0.5) is 5.69 Å². The van der Waals surface area contributed by atoms with E-state index in [1.165, 1.54) is 0 Å². The fourth-order valence-electron chi connectivity index (χ4n) is 2.21. The van der Waals surface area contributed by atoms with Gasteiger partial charge in [0.15, 0.2) is 0 Å². The Bertz CT molecular complexity index is 621. The topological polar surface area (TPSA) is 71.0 Å². The Morgan fingerprint density at radius 3 is 2.42 bits per heavy atom. The molecular weight excluding hydrogens is 306 g/mol. The summed E-state index contributed by atoms with van der Waals surface area (Å²) in [5.41, 5.74) is 1.76. The van der Waals surface area contributed by atoms with Gasteiger partial charge >= 0.3 is 5.97 Å². The molecule has 0 radical (unpaired) electrons. The van der Waals surface area contributed by atoms with E-state index in [-0.39, 0.29) is 30.3 Å². The largest absolute Gasteiger partial charge is 0.461 e. The van der Waals surface area contributed by atoms with Gasteiger partial charge in [-0.2, -0.15) is 0 Å². The first-order chi connectivity index (χ1) is 11.4. The Morgan fingerprint density at radius 2 is 1.83 bits per heavy atom. The lowest BCUT2D eigenvalue weighted by molar-refractivity contribution is -0.148. The number of ether oxygens (including phenoxy) is 1. The fraction of sp³-hybridized carbons (Fsp3) is 0.500. The highest BCUT2D eigenvalue weighted by Gasteiger charge is 2.25. The number of esters is 1. The van der Waals surface area contributed by atoms with Crippen LogP contribution in [0, 0.1) is 11.8 Å². The van der Waals surface area contributed by atoms with Gasteiger partial charge in [0.1, 0.15) is 6.61 Å². The number of anilines is 1. The van der Waals surface area contributed by atoms with Gasteiger partial charge in [-0.15, -0.1) is 0 Å². The molecular formula is C18H25N3O3. The SMILES string of the molecule is CC(C)C(=O)OCc1ccc(NC2=NCCN2C(=O)C(C)C)cc1. The molecule has 1 N–H and O–H groups in total. The standard InChI is InChI=1S/C18H25N3O3/c1-12(2)16(22)21-10-9-19-18(21)20-15-7-5-14(6-8-15)11-24-17(23)13(3)4/h5-8,12-13H,9-11H2,1-4H3,(H,19,20). The quantitative estimate of drug-likeness (QED) is 0.842. The maximum Gasteiger partial charge on any atom is 0.308 e. The first kappa shape index (κ1) is 18.0. The highest BCUT2D eigenvalue weighted by molar-refractivity contribution is 6.05. The van der Waals surface area contributed by atoms with E-state index in [1.54, 1.807) is 4.90 Å². The molecule has 130 valence electrons. The monoisotopic (exact) mass is 331 g/mol. The van der Waals surface area contributed by atoms with E-state index in [0.29, 0.717) is 19.0 Å². The highest BCUT2D eigenvalue weighted by Crippen LogP contribution is 2.15. The van der Waals surface area contributed by atoms with E-state index in [4.69, 9.17) is 4.74 Å². The van der Waals surface area contributed by atoms with Crippen LogP contribution in [-0.4, -0.2) is 35.8 Å². The number of aliphatic imine (C=N–C) groups is 1. The van der Waals surface area contributed by atoms with Gasteiger partial charge in [0.2, 0.25) is 11.9 Å². The summed E-state index contributed by atoms with van der Waals surface area (Å²) in [7, 11) is 0. The molecule has 1 aromatic rings. The average Bonchev–Trinajstić information content (AvgIpc) is 3.00. The molecule has 0 fully saturated rings. The van der Waals surface area contributed by atoms with Crippen molar-refractivity contribution in [3.05, 3.63) is 29.8 Å². The number of carbonyl (C=O) groups excluding carboxylic acids is 2. The average molecular weight is 331 g/mol. The van der Waals surface area contributed by atoms with Gasteiger partial charge in [-0.05, 0) is 17.7 Å². The number of rotatable bonds is 5. The van der Waals surface area contributed by atoms with Crippen LogP contribution in [0.2, 0.25) is 0 Å². The molecule has 1 amide bonds. The number of benzene rings is 1. The second-order valence-corrected chi connectivity index (χ2v) is 6.43. The van der Waals surface area contributed by atoms with E-state index in [1.807, 2.05) is 52.0 Å². The van der Waals surface area contributed by atoms with Crippen molar-refractivity contribution in [2.24, 2.45) is 16.8 Å². The zero-order valence-corrected chi connectivity index (χ0v) is 14.7. The van der Waals surface area contributed by atoms with Crippen molar-refractivity contribution in [3.8, 4) is 0 Å². The van der Waals surface area contributed by atoms with Crippen molar-refractivity contribution in [2.75, 3.05) is 18.4 Å². The minimum Gasteiger partial charge on any atom is -0.461 e. The molecule has 1 heterocycles. The minimum absolute atomic E-state index is 0.0619. The van der Waals surface area contributed by atoms with Crippen LogP contribution < -0.4 is 5.32 Å². The third-order valence-corrected chi connectivity index (χ3v) is 3.66. The summed E-state index contributed by atoms with van der Waals surface area (Å²) in [6.07, 6.45) is 0. The predicted molar refractivity (Wildman–Crippen MR) is 93.6 cm³/mol. The molecule has 6 heteroatoms. The van der Waals surface area contributed by atoms with Gasteiger partial charge in [-0.3, -0.25) is 19.5 Å². The number of hydrogen-bond acceptors (Lipinski definition) is 5. The lowest BCUT2D eigenvalue weighted by Gasteiger charge is -2.21. The maximum absolute atomic E-state index is 12.2. The number of nitrogens with one attached hydrogen (secondary N) is 1. The molecule has 0 saturated heterocycles. The number of amides is 1. The first-order valence-corrected chi connectivity index (χ1v) is 8.27. The van der Waals surface area contributed by atoms with E-state index in [2.05, 4.69) is 10.3 Å². The molecule has 24 heavy (non-hydrogen) atoms. The van der Waals surface area contributed by atoms with E-state index >= 15 is 0 Å². The number of nitrogens with zero attached hydrogens (tertiary/aromatic N) is 2. The van der Waals surface area contributed by atoms with Crippen molar-refractivity contribution < 1.29 is 14.3 Å². The summed E-state index contributed by atoms with van der Waals surface area (Å²) in [4.78, 5) is 29.7. The van der Waals surface area contributed by atoms with Gasteiger partial charge in [-0.1, -0.05) is 39.8 Å². The van der Waals surface area contributed by atoms with E-state index in [9.17, 15) is 9.59 Å².